The Balaban J connectivity index is 1.63. The molecule has 3 rings (SSSR count). The van der Waals surface area contributed by atoms with E-state index in [1.165, 1.54) is 5.56 Å². The standard InChI is InChI=1S/C21H26Cl2N2O2S/c1-3-16(2)17-5-8-20(9-6-17)28(26,27)25-12-10-24(11-13-25)15-18-4-7-19(22)14-21(18)23/h4-9,14,16H,3,10-13,15H2,1-2H3. The molecule has 0 aromatic heterocycles. The number of hydrogen-bond acceptors (Lipinski definition) is 3. The second kappa shape index (κ2) is 9.14. The Kier molecular flexibility index (Phi) is 7.05. The zero-order chi connectivity index (χ0) is 20.3. The Morgan fingerprint density at radius 3 is 2.21 bits per heavy atom. The molecule has 0 saturated carbocycles. The molecule has 1 aliphatic heterocycles. The maximum Gasteiger partial charge on any atom is 0.243 e. The van der Waals surface area contributed by atoms with Crippen LogP contribution in [0.3, 0.4) is 0 Å². The van der Waals surface area contributed by atoms with E-state index in [0.717, 1.165) is 12.0 Å². The Labute approximate surface area is 178 Å². The van der Waals surface area contributed by atoms with Crippen molar-refractivity contribution in [3.05, 3.63) is 63.6 Å². The van der Waals surface area contributed by atoms with Crippen molar-refractivity contribution in [3.8, 4) is 0 Å². The summed E-state index contributed by atoms with van der Waals surface area (Å²) < 4.78 is 27.5. The van der Waals surface area contributed by atoms with Gasteiger partial charge in [-0.05, 0) is 47.7 Å². The fourth-order valence-electron chi connectivity index (χ4n) is 3.37. The summed E-state index contributed by atoms with van der Waals surface area (Å²) in [7, 11) is -3.46. The summed E-state index contributed by atoms with van der Waals surface area (Å²) in [5.41, 5.74) is 2.18. The lowest BCUT2D eigenvalue weighted by Crippen LogP contribution is -2.48. The third-order valence-electron chi connectivity index (χ3n) is 5.44. The molecule has 1 heterocycles. The monoisotopic (exact) mass is 440 g/mol. The zero-order valence-corrected chi connectivity index (χ0v) is 18.6. The van der Waals surface area contributed by atoms with Crippen LogP contribution < -0.4 is 0 Å². The highest BCUT2D eigenvalue weighted by Crippen LogP contribution is 2.25. The van der Waals surface area contributed by atoms with Crippen LogP contribution in [0.25, 0.3) is 0 Å². The van der Waals surface area contributed by atoms with Gasteiger partial charge in [0, 0.05) is 42.8 Å². The van der Waals surface area contributed by atoms with Crippen molar-refractivity contribution in [2.75, 3.05) is 26.2 Å². The van der Waals surface area contributed by atoms with Crippen molar-refractivity contribution in [1.82, 2.24) is 9.21 Å². The van der Waals surface area contributed by atoms with E-state index in [1.807, 2.05) is 24.3 Å². The molecule has 0 N–H and O–H groups in total. The van der Waals surface area contributed by atoms with E-state index >= 15 is 0 Å². The van der Waals surface area contributed by atoms with Crippen LogP contribution in [0, 0.1) is 0 Å². The van der Waals surface area contributed by atoms with E-state index in [1.54, 1.807) is 22.5 Å². The molecule has 0 spiro atoms. The quantitative estimate of drug-likeness (QED) is 0.633. The van der Waals surface area contributed by atoms with E-state index in [-0.39, 0.29) is 0 Å². The SMILES string of the molecule is CCC(C)c1ccc(S(=O)(=O)N2CCN(Cc3ccc(Cl)cc3Cl)CC2)cc1. The number of hydrogen-bond donors (Lipinski definition) is 0. The van der Waals surface area contributed by atoms with Gasteiger partial charge in [0.1, 0.15) is 0 Å². The summed E-state index contributed by atoms with van der Waals surface area (Å²) in [5, 5.41) is 1.26. The Morgan fingerprint density at radius 2 is 1.64 bits per heavy atom. The maximum absolute atomic E-state index is 13.0. The van der Waals surface area contributed by atoms with E-state index in [4.69, 9.17) is 23.2 Å². The van der Waals surface area contributed by atoms with Gasteiger partial charge in [0.2, 0.25) is 10.0 Å². The first-order valence-corrected chi connectivity index (χ1v) is 11.8. The fourth-order valence-corrected chi connectivity index (χ4v) is 5.26. The Bertz CT molecular complexity index is 909. The maximum atomic E-state index is 13.0. The third kappa shape index (κ3) is 4.89. The van der Waals surface area contributed by atoms with Crippen molar-refractivity contribution in [2.24, 2.45) is 0 Å². The number of sulfonamides is 1. The minimum atomic E-state index is -3.46. The average Bonchev–Trinajstić information content (AvgIpc) is 2.70. The van der Waals surface area contributed by atoms with Crippen LogP contribution >= 0.6 is 23.2 Å². The molecule has 0 aliphatic carbocycles. The van der Waals surface area contributed by atoms with E-state index < -0.39 is 10.0 Å². The number of benzene rings is 2. The first-order valence-electron chi connectivity index (χ1n) is 9.57. The van der Waals surface area contributed by atoms with Gasteiger partial charge in [0.05, 0.1) is 4.90 Å². The fraction of sp³-hybridized carbons (Fsp3) is 0.429. The molecular weight excluding hydrogens is 415 g/mol. The van der Waals surface area contributed by atoms with E-state index in [0.29, 0.717) is 53.6 Å². The minimum absolute atomic E-state index is 0.369. The average molecular weight is 441 g/mol. The molecule has 1 saturated heterocycles. The largest absolute Gasteiger partial charge is 0.296 e. The van der Waals surface area contributed by atoms with Crippen molar-refractivity contribution in [2.45, 2.75) is 37.6 Å². The van der Waals surface area contributed by atoms with Crippen LogP contribution in [0.4, 0.5) is 0 Å². The molecule has 1 aliphatic rings. The lowest BCUT2D eigenvalue weighted by atomic mass is 9.99. The summed E-state index contributed by atoms with van der Waals surface area (Å²) in [6.07, 6.45) is 1.03. The molecular formula is C21H26Cl2N2O2S. The van der Waals surface area contributed by atoms with Crippen LogP contribution in [-0.2, 0) is 16.6 Å². The van der Waals surface area contributed by atoms with Crippen molar-refractivity contribution >= 4 is 33.2 Å². The number of piperazine rings is 1. The molecule has 4 nitrogen and oxygen atoms in total. The summed E-state index contributed by atoms with van der Waals surface area (Å²) in [6.45, 7) is 7.25. The summed E-state index contributed by atoms with van der Waals surface area (Å²) in [6, 6.07) is 12.8. The predicted octanol–water partition coefficient (Wildman–Crippen LogP) is 5.01. The van der Waals surface area contributed by atoms with Crippen molar-refractivity contribution in [1.29, 1.82) is 0 Å². The highest BCUT2D eigenvalue weighted by molar-refractivity contribution is 7.89. The second-order valence-electron chi connectivity index (χ2n) is 7.29. The smallest absolute Gasteiger partial charge is 0.243 e. The molecule has 1 unspecified atom stereocenters. The van der Waals surface area contributed by atoms with Crippen LogP contribution in [0.2, 0.25) is 10.0 Å². The molecule has 2 aromatic rings. The van der Waals surface area contributed by atoms with Gasteiger partial charge >= 0.3 is 0 Å². The molecule has 1 fully saturated rings. The zero-order valence-electron chi connectivity index (χ0n) is 16.2. The molecule has 0 bridgehead atoms. The lowest BCUT2D eigenvalue weighted by molar-refractivity contribution is 0.181. The molecule has 1 atom stereocenters. The first-order chi connectivity index (χ1) is 13.3. The first kappa shape index (κ1) is 21.6. The lowest BCUT2D eigenvalue weighted by Gasteiger charge is -2.34. The van der Waals surface area contributed by atoms with Crippen LogP contribution in [0.1, 0.15) is 37.3 Å². The van der Waals surface area contributed by atoms with Gasteiger partial charge in [-0.15, -0.1) is 0 Å². The summed E-state index contributed by atoms with van der Waals surface area (Å²) in [4.78, 5) is 2.58. The van der Waals surface area contributed by atoms with Gasteiger partial charge in [-0.2, -0.15) is 4.31 Å². The van der Waals surface area contributed by atoms with Gasteiger partial charge in [-0.25, -0.2) is 8.42 Å². The topological polar surface area (TPSA) is 40.6 Å². The van der Waals surface area contributed by atoms with Gasteiger partial charge < -0.3 is 0 Å². The normalized spacial score (nSPS) is 17.6. The number of halogens is 2. The molecule has 0 amide bonds. The third-order valence-corrected chi connectivity index (χ3v) is 7.94. The van der Waals surface area contributed by atoms with E-state index in [2.05, 4.69) is 18.7 Å². The number of rotatable bonds is 6. The number of nitrogens with zero attached hydrogens (tertiary/aromatic N) is 2. The highest BCUT2D eigenvalue weighted by atomic mass is 35.5. The summed E-state index contributed by atoms with van der Waals surface area (Å²) >= 11 is 12.2. The van der Waals surface area contributed by atoms with Crippen LogP contribution in [0.5, 0.6) is 0 Å². The molecule has 28 heavy (non-hydrogen) atoms. The van der Waals surface area contributed by atoms with Crippen molar-refractivity contribution in [3.63, 3.8) is 0 Å². The van der Waals surface area contributed by atoms with E-state index in [9.17, 15) is 8.42 Å². The molecule has 0 radical (unpaired) electrons. The second-order valence-corrected chi connectivity index (χ2v) is 10.1. The van der Waals surface area contributed by atoms with Gasteiger partial charge in [-0.3, -0.25) is 4.90 Å². The Morgan fingerprint density at radius 1 is 1.00 bits per heavy atom. The van der Waals surface area contributed by atoms with Gasteiger partial charge in [0.15, 0.2) is 0 Å². The molecule has 7 heteroatoms. The van der Waals surface area contributed by atoms with Crippen LogP contribution in [0.15, 0.2) is 47.4 Å². The minimum Gasteiger partial charge on any atom is -0.296 e. The Hall–Kier alpha value is -1.11. The van der Waals surface area contributed by atoms with Crippen LogP contribution in [-0.4, -0.2) is 43.8 Å². The van der Waals surface area contributed by atoms with Gasteiger partial charge in [-0.1, -0.05) is 55.2 Å². The molecule has 2 aromatic carbocycles. The highest BCUT2D eigenvalue weighted by Gasteiger charge is 2.28. The summed E-state index contributed by atoms with van der Waals surface area (Å²) in [5.74, 6) is 0.431. The van der Waals surface area contributed by atoms with Gasteiger partial charge in [0.25, 0.3) is 0 Å². The molecule has 152 valence electrons. The van der Waals surface area contributed by atoms with Crippen molar-refractivity contribution < 1.29 is 8.42 Å². The predicted molar refractivity (Wildman–Crippen MR) is 116 cm³/mol.